The number of carbonyl (C=O) groups excluding carboxylic acids is 2. The lowest BCUT2D eigenvalue weighted by Gasteiger charge is -2.08. The molecule has 0 unspecified atom stereocenters. The summed E-state index contributed by atoms with van der Waals surface area (Å²) in [6, 6.07) is 23.0. The van der Waals surface area contributed by atoms with Crippen LogP contribution in [-0.2, 0) is 6.54 Å². The van der Waals surface area contributed by atoms with E-state index in [0.717, 1.165) is 5.56 Å². The molecule has 0 saturated carbocycles. The minimum atomic E-state index is -0.191. The molecule has 130 valence electrons. The number of hydrogen-bond acceptors (Lipinski definition) is 2. The van der Waals surface area contributed by atoms with E-state index in [2.05, 4.69) is 10.6 Å². The molecule has 0 heterocycles. The molecule has 0 bridgehead atoms. The van der Waals surface area contributed by atoms with Gasteiger partial charge in [0, 0.05) is 28.4 Å². The molecule has 0 saturated heterocycles. The highest BCUT2D eigenvalue weighted by Crippen LogP contribution is 2.13. The van der Waals surface area contributed by atoms with Crippen LogP contribution in [0.5, 0.6) is 0 Å². The lowest BCUT2D eigenvalue weighted by atomic mass is 10.1. The van der Waals surface area contributed by atoms with Crippen LogP contribution in [0.15, 0.2) is 78.9 Å². The second kappa shape index (κ2) is 8.32. The van der Waals surface area contributed by atoms with E-state index in [1.165, 1.54) is 0 Å². The third-order valence-electron chi connectivity index (χ3n) is 3.78. The topological polar surface area (TPSA) is 58.2 Å². The van der Waals surface area contributed by atoms with Crippen molar-refractivity contribution in [3.05, 3.63) is 101 Å². The zero-order chi connectivity index (χ0) is 18.4. The minimum absolute atomic E-state index is 0.189. The van der Waals surface area contributed by atoms with Gasteiger partial charge in [0.25, 0.3) is 11.8 Å². The quantitative estimate of drug-likeness (QED) is 0.699. The third-order valence-corrected chi connectivity index (χ3v) is 4.02. The fraction of sp³-hybridized carbons (Fsp3) is 0.0476. The minimum Gasteiger partial charge on any atom is -0.348 e. The SMILES string of the molecule is O=C(NCc1cccc(Cl)c1)c1ccc(NC(=O)c2ccccc2)cc1. The van der Waals surface area contributed by atoms with E-state index >= 15 is 0 Å². The van der Waals surface area contributed by atoms with Gasteiger partial charge in [-0.15, -0.1) is 0 Å². The van der Waals surface area contributed by atoms with Gasteiger partial charge < -0.3 is 10.6 Å². The molecule has 0 aliphatic carbocycles. The Hall–Kier alpha value is -3.11. The third kappa shape index (κ3) is 4.71. The second-order valence-corrected chi connectivity index (χ2v) is 6.15. The predicted octanol–water partition coefficient (Wildman–Crippen LogP) is 4.52. The summed E-state index contributed by atoms with van der Waals surface area (Å²) in [5.41, 5.74) is 2.66. The van der Waals surface area contributed by atoms with E-state index in [4.69, 9.17) is 11.6 Å². The molecule has 0 radical (unpaired) electrons. The molecular formula is C21H17ClN2O2. The Bertz CT molecular complexity index is 909. The number of anilines is 1. The maximum absolute atomic E-state index is 12.2. The van der Waals surface area contributed by atoms with Crippen LogP contribution in [0.2, 0.25) is 5.02 Å². The van der Waals surface area contributed by atoms with E-state index < -0.39 is 0 Å². The monoisotopic (exact) mass is 364 g/mol. The number of hydrogen-bond donors (Lipinski definition) is 2. The van der Waals surface area contributed by atoms with Crippen molar-refractivity contribution in [3.8, 4) is 0 Å². The van der Waals surface area contributed by atoms with Crippen LogP contribution in [0.4, 0.5) is 5.69 Å². The lowest BCUT2D eigenvalue weighted by molar-refractivity contribution is 0.0950. The maximum Gasteiger partial charge on any atom is 0.255 e. The van der Waals surface area contributed by atoms with Crippen molar-refractivity contribution in [2.45, 2.75) is 6.54 Å². The fourth-order valence-corrected chi connectivity index (χ4v) is 2.64. The van der Waals surface area contributed by atoms with Gasteiger partial charge in [0.05, 0.1) is 0 Å². The summed E-state index contributed by atoms with van der Waals surface area (Å²) in [6.45, 7) is 0.395. The Morgan fingerprint density at radius 2 is 1.46 bits per heavy atom. The van der Waals surface area contributed by atoms with Gasteiger partial charge in [-0.3, -0.25) is 9.59 Å². The molecule has 3 rings (SSSR count). The molecule has 0 fully saturated rings. The summed E-state index contributed by atoms with van der Waals surface area (Å²) in [5.74, 6) is -0.380. The van der Waals surface area contributed by atoms with Crippen LogP contribution >= 0.6 is 11.6 Å². The summed E-state index contributed by atoms with van der Waals surface area (Å²) in [5, 5.41) is 6.28. The summed E-state index contributed by atoms with van der Waals surface area (Å²) in [4.78, 5) is 24.3. The molecule has 3 aromatic carbocycles. The van der Waals surface area contributed by atoms with Crippen LogP contribution in [0, 0.1) is 0 Å². The van der Waals surface area contributed by atoms with Gasteiger partial charge in [0.15, 0.2) is 0 Å². The molecule has 4 nitrogen and oxygen atoms in total. The Morgan fingerprint density at radius 1 is 0.769 bits per heavy atom. The second-order valence-electron chi connectivity index (χ2n) is 5.71. The van der Waals surface area contributed by atoms with E-state index in [-0.39, 0.29) is 11.8 Å². The fourth-order valence-electron chi connectivity index (χ4n) is 2.43. The number of carbonyl (C=O) groups is 2. The van der Waals surface area contributed by atoms with E-state index in [9.17, 15) is 9.59 Å². The summed E-state index contributed by atoms with van der Waals surface area (Å²) in [6.07, 6.45) is 0. The Morgan fingerprint density at radius 3 is 2.15 bits per heavy atom. The van der Waals surface area contributed by atoms with Crippen LogP contribution in [0.25, 0.3) is 0 Å². The number of halogens is 1. The molecule has 3 aromatic rings. The lowest BCUT2D eigenvalue weighted by Crippen LogP contribution is -2.22. The molecule has 2 N–H and O–H groups in total. The molecule has 0 atom stereocenters. The highest BCUT2D eigenvalue weighted by Gasteiger charge is 2.08. The van der Waals surface area contributed by atoms with Gasteiger partial charge in [0.1, 0.15) is 0 Å². The molecule has 0 spiro atoms. The standard InChI is InChI=1S/C21H17ClN2O2/c22-18-8-4-5-15(13-18)14-23-20(25)17-9-11-19(12-10-17)24-21(26)16-6-2-1-3-7-16/h1-13H,14H2,(H,23,25)(H,24,26). The Balaban J connectivity index is 1.58. The summed E-state index contributed by atoms with van der Waals surface area (Å²) < 4.78 is 0. The largest absolute Gasteiger partial charge is 0.348 e. The molecule has 0 aromatic heterocycles. The van der Waals surface area contributed by atoms with Gasteiger partial charge in [-0.25, -0.2) is 0 Å². The molecule has 5 heteroatoms. The van der Waals surface area contributed by atoms with Gasteiger partial charge in [-0.05, 0) is 54.1 Å². The first-order chi connectivity index (χ1) is 12.6. The molecule has 0 aliphatic heterocycles. The van der Waals surface area contributed by atoms with Gasteiger partial charge in [0.2, 0.25) is 0 Å². The maximum atomic E-state index is 12.2. The average Bonchev–Trinajstić information content (AvgIpc) is 2.67. The van der Waals surface area contributed by atoms with Crippen LogP contribution in [-0.4, -0.2) is 11.8 Å². The first-order valence-corrected chi connectivity index (χ1v) is 8.49. The van der Waals surface area contributed by atoms with E-state index in [0.29, 0.717) is 28.4 Å². The highest BCUT2D eigenvalue weighted by atomic mass is 35.5. The van der Waals surface area contributed by atoms with E-state index in [1.54, 1.807) is 42.5 Å². The number of benzene rings is 3. The van der Waals surface area contributed by atoms with Crippen molar-refractivity contribution in [2.24, 2.45) is 0 Å². The van der Waals surface area contributed by atoms with Crippen molar-refractivity contribution in [3.63, 3.8) is 0 Å². The number of nitrogens with one attached hydrogen (secondary N) is 2. The average molecular weight is 365 g/mol. The van der Waals surface area contributed by atoms with Crippen LogP contribution < -0.4 is 10.6 Å². The number of rotatable bonds is 5. The molecular weight excluding hydrogens is 348 g/mol. The molecule has 26 heavy (non-hydrogen) atoms. The van der Waals surface area contributed by atoms with Crippen LogP contribution in [0.3, 0.4) is 0 Å². The zero-order valence-electron chi connectivity index (χ0n) is 13.9. The van der Waals surface area contributed by atoms with Crippen molar-refractivity contribution < 1.29 is 9.59 Å². The number of amides is 2. The smallest absolute Gasteiger partial charge is 0.255 e. The molecule has 2 amide bonds. The Kier molecular flexibility index (Phi) is 5.66. The van der Waals surface area contributed by atoms with Crippen molar-refractivity contribution in [2.75, 3.05) is 5.32 Å². The summed E-state index contributed by atoms with van der Waals surface area (Å²) in [7, 11) is 0. The molecule has 0 aliphatic rings. The van der Waals surface area contributed by atoms with Crippen LogP contribution in [0.1, 0.15) is 26.3 Å². The van der Waals surface area contributed by atoms with Gasteiger partial charge >= 0.3 is 0 Å². The van der Waals surface area contributed by atoms with Crippen molar-refractivity contribution in [1.29, 1.82) is 0 Å². The van der Waals surface area contributed by atoms with Gasteiger partial charge in [-0.2, -0.15) is 0 Å². The zero-order valence-corrected chi connectivity index (χ0v) is 14.7. The summed E-state index contributed by atoms with van der Waals surface area (Å²) >= 11 is 5.93. The first-order valence-electron chi connectivity index (χ1n) is 8.11. The normalized spacial score (nSPS) is 10.2. The predicted molar refractivity (Wildman–Crippen MR) is 103 cm³/mol. The first kappa shape index (κ1) is 17.7. The van der Waals surface area contributed by atoms with Crippen molar-refractivity contribution >= 4 is 29.1 Å². The van der Waals surface area contributed by atoms with Gasteiger partial charge in [-0.1, -0.05) is 41.9 Å². The Labute approximate surface area is 156 Å². The highest BCUT2D eigenvalue weighted by molar-refractivity contribution is 6.30. The van der Waals surface area contributed by atoms with E-state index in [1.807, 2.05) is 36.4 Å². The van der Waals surface area contributed by atoms with Crippen molar-refractivity contribution in [1.82, 2.24) is 5.32 Å².